The summed E-state index contributed by atoms with van der Waals surface area (Å²) in [6.07, 6.45) is 7.33. The van der Waals surface area contributed by atoms with Crippen LogP contribution >= 0.6 is 0 Å². The molecule has 1 aromatic carbocycles. The van der Waals surface area contributed by atoms with E-state index in [0.717, 1.165) is 16.5 Å². The minimum atomic E-state index is -0.680. The van der Waals surface area contributed by atoms with E-state index < -0.39 is 12.2 Å². The molecule has 8 nitrogen and oxygen atoms in total. The quantitative estimate of drug-likeness (QED) is 0.522. The molecule has 0 saturated carbocycles. The normalized spacial score (nSPS) is 20.0. The van der Waals surface area contributed by atoms with Crippen molar-refractivity contribution in [2.75, 3.05) is 18.5 Å². The number of pyridine rings is 1. The van der Waals surface area contributed by atoms with Crippen molar-refractivity contribution >= 4 is 28.4 Å². The first-order valence-electron chi connectivity index (χ1n) is 11.5. The van der Waals surface area contributed by atoms with Gasteiger partial charge in [0, 0.05) is 49.8 Å². The molecule has 0 fully saturated rings. The summed E-state index contributed by atoms with van der Waals surface area (Å²) in [6, 6.07) is 11.2. The second-order valence-electron chi connectivity index (χ2n) is 8.21. The van der Waals surface area contributed by atoms with Crippen LogP contribution in [0.2, 0.25) is 0 Å². The Morgan fingerprint density at radius 2 is 2.06 bits per heavy atom. The SMILES string of the molecule is CCO[C@@H]1OC(C(=O)Nc2cccnc2)=C[C@H](c2cn(C(C)=O)c3ccccc23)[C@@H]1CCCO. The number of rotatable bonds is 8. The number of hydrogen-bond donors (Lipinski definition) is 2. The molecule has 3 atom stereocenters. The number of aliphatic hydroxyl groups is 1. The number of para-hydroxylation sites is 1. The van der Waals surface area contributed by atoms with Crippen LogP contribution in [0.4, 0.5) is 5.69 Å². The maximum absolute atomic E-state index is 13.1. The van der Waals surface area contributed by atoms with Gasteiger partial charge in [-0.15, -0.1) is 0 Å². The van der Waals surface area contributed by atoms with Crippen molar-refractivity contribution in [2.24, 2.45) is 5.92 Å². The number of carbonyl (C=O) groups is 2. The highest BCUT2D eigenvalue weighted by Crippen LogP contribution is 2.42. The van der Waals surface area contributed by atoms with Gasteiger partial charge in [-0.1, -0.05) is 18.2 Å². The Labute approximate surface area is 198 Å². The van der Waals surface area contributed by atoms with Crippen molar-refractivity contribution < 1.29 is 24.2 Å². The van der Waals surface area contributed by atoms with Gasteiger partial charge in [-0.3, -0.25) is 19.1 Å². The lowest BCUT2D eigenvalue weighted by Crippen LogP contribution is -2.37. The maximum atomic E-state index is 13.1. The number of hydrogen-bond acceptors (Lipinski definition) is 6. The standard InChI is InChI=1S/C26H29N3O5/c1-3-33-26-20(10-7-13-30)21(14-24(34-26)25(32)28-18-8-6-12-27-15-18)22-16-29(17(2)31)23-11-5-4-9-19(22)23/h4-6,8-9,11-12,14-16,20-21,26,30H,3,7,10,13H2,1-2H3,(H,28,32)/t20-,21-,26+/m0/s1. The van der Waals surface area contributed by atoms with Crippen molar-refractivity contribution in [2.45, 2.75) is 38.9 Å². The summed E-state index contributed by atoms with van der Waals surface area (Å²) < 4.78 is 13.6. The number of aromatic nitrogens is 2. The van der Waals surface area contributed by atoms with Gasteiger partial charge >= 0.3 is 0 Å². The van der Waals surface area contributed by atoms with E-state index in [2.05, 4.69) is 10.3 Å². The van der Waals surface area contributed by atoms with E-state index in [-0.39, 0.29) is 30.1 Å². The molecular formula is C26H29N3O5. The molecule has 34 heavy (non-hydrogen) atoms. The van der Waals surface area contributed by atoms with Gasteiger partial charge in [0.15, 0.2) is 5.76 Å². The first-order chi connectivity index (χ1) is 16.5. The van der Waals surface area contributed by atoms with Gasteiger partial charge in [0.2, 0.25) is 12.2 Å². The van der Waals surface area contributed by atoms with Crippen molar-refractivity contribution in [3.8, 4) is 0 Å². The van der Waals surface area contributed by atoms with Gasteiger partial charge < -0.3 is 19.9 Å². The monoisotopic (exact) mass is 463 g/mol. The van der Waals surface area contributed by atoms with Gasteiger partial charge in [-0.05, 0) is 49.6 Å². The van der Waals surface area contributed by atoms with Crippen LogP contribution in [0, 0.1) is 5.92 Å². The molecule has 3 heterocycles. The minimum Gasteiger partial charge on any atom is -0.459 e. The molecule has 1 amide bonds. The van der Waals surface area contributed by atoms with Gasteiger partial charge in [0.1, 0.15) is 0 Å². The fraction of sp³-hybridized carbons (Fsp3) is 0.346. The molecule has 0 saturated heterocycles. The molecule has 8 heteroatoms. The van der Waals surface area contributed by atoms with Crippen LogP contribution in [0.1, 0.15) is 43.0 Å². The van der Waals surface area contributed by atoms with Gasteiger partial charge in [0.25, 0.3) is 5.91 Å². The summed E-state index contributed by atoms with van der Waals surface area (Å²) in [6.45, 7) is 3.83. The zero-order valence-electron chi connectivity index (χ0n) is 19.3. The number of amides is 1. The van der Waals surface area contributed by atoms with Gasteiger partial charge in [-0.2, -0.15) is 0 Å². The first-order valence-corrected chi connectivity index (χ1v) is 11.5. The number of allylic oxidation sites excluding steroid dienone is 1. The lowest BCUT2D eigenvalue weighted by Gasteiger charge is -2.36. The molecule has 0 spiro atoms. The number of nitrogens with one attached hydrogen (secondary N) is 1. The topological polar surface area (TPSA) is 103 Å². The summed E-state index contributed by atoms with van der Waals surface area (Å²) in [7, 11) is 0. The van der Waals surface area contributed by atoms with Crippen molar-refractivity contribution in [3.05, 3.63) is 72.4 Å². The lowest BCUT2D eigenvalue weighted by atomic mass is 9.80. The number of carbonyl (C=O) groups excluding carboxylic acids is 2. The second kappa shape index (κ2) is 10.6. The van der Waals surface area contributed by atoms with Crippen LogP contribution in [0.15, 0.2) is 66.8 Å². The summed E-state index contributed by atoms with van der Waals surface area (Å²) in [4.78, 5) is 29.5. The number of anilines is 1. The molecule has 0 unspecified atom stereocenters. The van der Waals surface area contributed by atoms with Crippen LogP contribution in [0.5, 0.6) is 0 Å². The maximum Gasteiger partial charge on any atom is 0.290 e. The molecule has 2 aromatic heterocycles. The van der Waals surface area contributed by atoms with Crippen molar-refractivity contribution in [3.63, 3.8) is 0 Å². The summed E-state index contributed by atoms with van der Waals surface area (Å²) in [5.41, 5.74) is 2.27. The third-order valence-electron chi connectivity index (χ3n) is 6.00. The van der Waals surface area contributed by atoms with E-state index in [9.17, 15) is 14.7 Å². The Kier molecular flexibility index (Phi) is 7.40. The average Bonchev–Trinajstić information content (AvgIpc) is 3.23. The number of fused-ring (bicyclic) bond motifs is 1. The van der Waals surface area contributed by atoms with Crippen molar-refractivity contribution in [1.29, 1.82) is 0 Å². The summed E-state index contributed by atoms with van der Waals surface area (Å²) in [5, 5.41) is 13.3. The third kappa shape index (κ3) is 4.88. The number of aliphatic hydroxyl groups excluding tert-OH is 1. The Balaban J connectivity index is 1.80. The van der Waals surface area contributed by atoms with E-state index in [1.165, 1.54) is 6.92 Å². The Morgan fingerprint density at radius 3 is 2.76 bits per heavy atom. The summed E-state index contributed by atoms with van der Waals surface area (Å²) in [5.74, 6) is -0.780. The third-order valence-corrected chi connectivity index (χ3v) is 6.00. The zero-order chi connectivity index (χ0) is 24.1. The van der Waals surface area contributed by atoms with Crippen LogP contribution in [-0.2, 0) is 14.3 Å². The molecule has 0 radical (unpaired) electrons. The number of benzene rings is 1. The van der Waals surface area contributed by atoms with Crippen molar-refractivity contribution in [1.82, 2.24) is 9.55 Å². The molecule has 2 N–H and O–H groups in total. The highest BCUT2D eigenvalue weighted by Gasteiger charge is 2.39. The number of ether oxygens (including phenoxy) is 2. The van der Waals surface area contributed by atoms with Gasteiger partial charge in [-0.25, -0.2) is 0 Å². The second-order valence-corrected chi connectivity index (χ2v) is 8.21. The molecule has 3 aromatic rings. The van der Waals surface area contributed by atoms with E-state index in [1.807, 2.05) is 37.4 Å². The molecule has 178 valence electrons. The number of nitrogens with zero attached hydrogens (tertiary/aromatic N) is 2. The Morgan fingerprint density at radius 1 is 1.24 bits per heavy atom. The fourth-order valence-corrected chi connectivity index (χ4v) is 4.48. The van der Waals surface area contributed by atoms with E-state index in [0.29, 0.717) is 25.1 Å². The average molecular weight is 464 g/mol. The highest BCUT2D eigenvalue weighted by molar-refractivity contribution is 6.02. The molecule has 0 aliphatic carbocycles. The minimum absolute atomic E-state index is 0.0370. The predicted molar refractivity (Wildman–Crippen MR) is 128 cm³/mol. The van der Waals surface area contributed by atoms with E-state index in [4.69, 9.17) is 9.47 Å². The van der Waals surface area contributed by atoms with E-state index >= 15 is 0 Å². The first kappa shape index (κ1) is 23.7. The molecule has 1 aliphatic heterocycles. The zero-order valence-corrected chi connectivity index (χ0v) is 19.3. The molecular weight excluding hydrogens is 434 g/mol. The summed E-state index contributed by atoms with van der Waals surface area (Å²) >= 11 is 0. The highest BCUT2D eigenvalue weighted by atomic mass is 16.7. The fourth-order valence-electron chi connectivity index (χ4n) is 4.48. The van der Waals surface area contributed by atoms with Crippen LogP contribution < -0.4 is 5.32 Å². The van der Waals surface area contributed by atoms with Crippen LogP contribution in [0.3, 0.4) is 0 Å². The van der Waals surface area contributed by atoms with Gasteiger partial charge in [0.05, 0.1) is 17.4 Å². The molecule has 0 bridgehead atoms. The largest absolute Gasteiger partial charge is 0.459 e. The van der Waals surface area contributed by atoms with Crippen LogP contribution in [-0.4, -0.2) is 46.0 Å². The van der Waals surface area contributed by atoms with Crippen LogP contribution in [0.25, 0.3) is 10.9 Å². The smallest absolute Gasteiger partial charge is 0.290 e. The lowest BCUT2D eigenvalue weighted by molar-refractivity contribution is -0.164. The Hall–Kier alpha value is -3.49. The predicted octanol–water partition coefficient (Wildman–Crippen LogP) is 4.08. The molecule has 4 rings (SSSR count). The molecule has 1 aliphatic rings. The van der Waals surface area contributed by atoms with E-state index in [1.54, 1.807) is 35.2 Å². The Bertz CT molecular complexity index is 1190.